The third-order valence-corrected chi connectivity index (χ3v) is 4.54. The number of methoxy groups -OCH3 is 1. The first-order valence-electron chi connectivity index (χ1n) is 7.52. The van der Waals surface area contributed by atoms with E-state index in [4.69, 9.17) is 9.15 Å². The van der Waals surface area contributed by atoms with Crippen molar-refractivity contribution in [3.63, 3.8) is 0 Å². The first kappa shape index (κ1) is 15.9. The highest BCUT2D eigenvalue weighted by atomic mass is 32.2. The molecule has 2 aromatic rings. The van der Waals surface area contributed by atoms with Crippen LogP contribution in [0.2, 0.25) is 0 Å². The van der Waals surface area contributed by atoms with E-state index < -0.39 is 0 Å². The zero-order chi connectivity index (χ0) is 16.4. The van der Waals surface area contributed by atoms with Gasteiger partial charge in [-0.25, -0.2) is 0 Å². The Morgan fingerprint density at radius 2 is 2.22 bits per heavy atom. The predicted molar refractivity (Wildman–Crippen MR) is 88.0 cm³/mol. The number of nitrogens with one attached hydrogen (secondary N) is 1. The van der Waals surface area contributed by atoms with E-state index >= 15 is 0 Å². The van der Waals surface area contributed by atoms with Crippen LogP contribution in [0, 0.1) is 6.92 Å². The second kappa shape index (κ2) is 6.62. The molecule has 1 saturated carbocycles. The van der Waals surface area contributed by atoms with Crippen molar-refractivity contribution in [2.75, 3.05) is 12.4 Å². The minimum atomic E-state index is -0.354. The number of aryl methyl sites for hydroxylation is 1. The maximum atomic E-state index is 12.4. The molecule has 7 heteroatoms. The molecule has 3 rings (SSSR count). The molecule has 1 aliphatic carbocycles. The number of nitrogens with zero attached hydrogens (tertiary/aromatic N) is 2. The fourth-order valence-corrected chi connectivity index (χ4v) is 2.81. The van der Waals surface area contributed by atoms with Crippen LogP contribution in [-0.4, -0.2) is 28.5 Å². The van der Waals surface area contributed by atoms with Gasteiger partial charge in [-0.3, -0.25) is 4.79 Å². The fourth-order valence-electron chi connectivity index (χ4n) is 2.12. The van der Waals surface area contributed by atoms with Gasteiger partial charge in [0.15, 0.2) is 0 Å². The summed E-state index contributed by atoms with van der Waals surface area (Å²) in [5, 5.41) is 11.0. The largest absolute Gasteiger partial charge is 0.495 e. The molecule has 122 valence electrons. The molecule has 1 aliphatic rings. The molecule has 0 bridgehead atoms. The Labute approximate surface area is 139 Å². The lowest BCUT2D eigenvalue weighted by Gasteiger charge is -2.13. The molecular weight excluding hydrogens is 314 g/mol. The standard InChI is InChI=1S/C16H19N3O3S/c1-9-4-7-13(21-3)12(8-9)17-14(20)10(2)23-16-19-18-15(22-16)11-5-6-11/h4,7-8,10-11H,5-6H2,1-3H3,(H,17,20). The van der Waals surface area contributed by atoms with Crippen molar-refractivity contribution in [1.29, 1.82) is 0 Å². The van der Waals surface area contributed by atoms with Crippen molar-refractivity contribution < 1.29 is 13.9 Å². The Balaban J connectivity index is 1.63. The second-order valence-corrected chi connectivity index (χ2v) is 6.93. The van der Waals surface area contributed by atoms with Gasteiger partial charge in [-0.1, -0.05) is 17.8 Å². The molecule has 1 unspecified atom stereocenters. The van der Waals surface area contributed by atoms with Gasteiger partial charge in [-0.15, -0.1) is 10.2 Å². The summed E-state index contributed by atoms with van der Waals surface area (Å²) in [5.41, 5.74) is 1.71. The van der Waals surface area contributed by atoms with E-state index in [2.05, 4.69) is 15.5 Å². The van der Waals surface area contributed by atoms with Gasteiger partial charge in [-0.05, 0) is 44.4 Å². The summed E-state index contributed by atoms with van der Waals surface area (Å²) >= 11 is 1.26. The van der Waals surface area contributed by atoms with E-state index in [9.17, 15) is 4.79 Å². The third kappa shape index (κ3) is 3.85. The average molecular weight is 333 g/mol. The van der Waals surface area contributed by atoms with Crippen LogP contribution in [0.5, 0.6) is 5.75 Å². The van der Waals surface area contributed by atoms with E-state index in [1.165, 1.54) is 11.8 Å². The summed E-state index contributed by atoms with van der Waals surface area (Å²) in [6, 6.07) is 5.65. The van der Waals surface area contributed by atoms with E-state index in [-0.39, 0.29) is 11.2 Å². The Kier molecular flexibility index (Phi) is 4.56. The number of thioether (sulfide) groups is 1. The third-order valence-electron chi connectivity index (χ3n) is 3.61. The number of hydrogen-bond donors (Lipinski definition) is 1. The zero-order valence-electron chi connectivity index (χ0n) is 13.3. The topological polar surface area (TPSA) is 77.2 Å². The highest BCUT2D eigenvalue weighted by Crippen LogP contribution is 2.40. The van der Waals surface area contributed by atoms with Gasteiger partial charge in [0.25, 0.3) is 5.22 Å². The van der Waals surface area contributed by atoms with Crippen LogP contribution < -0.4 is 10.1 Å². The highest BCUT2D eigenvalue weighted by molar-refractivity contribution is 8.00. The number of benzene rings is 1. The van der Waals surface area contributed by atoms with Crippen LogP contribution in [0.3, 0.4) is 0 Å². The molecule has 1 aromatic carbocycles. The van der Waals surface area contributed by atoms with Crippen molar-refractivity contribution in [2.24, 2.45) is 0 Å². The van der Waals surface area contributed by atoms with Crippen LogP contribution in [0.1, 0.15) is 37.1 Å². The van der Waals surface area contributed by atoms with E-state index in [1.54, 1.807) is 7.11 Å². The Morgan fingerprint density at radius 1 is 1.43 bits per heavy atom. The molecule has 1 heterocycles. The quantitative estimate of drug-likeness (QED) is 0.817. The smallest absolute Gasteiger partial charge is 0.277 e. The van der Waals surface area contributed by atoms with Crippen LogP contribution >= 0.6 is 11.8 Å². The van der Waals surface area contributed by atoms with Crippen LogP contribution in [0.15, 0.2) is 27.8 Å². The molecule has 0 spiro atoms. The first-order chi connectivity index (χ1) is 11.1. The first-order valence-corrected chi connectivity index (χ1v) is 8.40. The zero-order valence-corrected chi connectivity index (χ0v) is 14.1. The van der Waals surface area contributed by atoms with Gasteiger partial charge in [0.05, 0.1) is 18.0 Å². The summed E-state index contributed by atoms with van der Waals surface area (Å²) in [5.74, 6) is 1.60. The fraction of sp³-hybridized carbons (Fsp3) is 0.438. The van der Waals surface area contributed by atoms with Gasteiger partial charge in [0.1, 0.15) is 5.75 Å². The number of anilines is 1. The van der Waals surface area contributed by atoms with Gasteiger partial charge in [0, 0.05) is 5.92 Å². The molecular formula is C16H19N3O3S. The van der Waals surface area contributed by atoms with Crippen LogP contribution in [0.25, 0.3) is 0 Å². The van der Waals surface area contributed by atoms with E-state index in [0.29, 0.717) is 28.5 Å². The monoisotopic (exact) mass is 333 g/mol. The maximum absolute atomic E-state index is 12.4. The summed E-state index contributed by atoms with van der Waals surface area (Å²) in [6.45, 7) is 3.77. The van der Waals surface area contributed by atoms with Crippen molar-refractivity contribution >= 4 is 23.4 Å². The summed E-state index contributed by atoms with van der Waals surface area (Å²) in [6.07, 6.45) is 2.21. The molecule has 0 saturated heterocycles. The number of aromatic nitrogens is 2. The minimum absolute atomic E-state index is 0.134. The normalized spacial score (nSPS) is 15.3. The molecule has 1 aromatic heterocycles. The molecule has 6 nitrogen and oxygen atoms in total. The molecule has 23 heavy (non-hydrogen) atoms. The number of rotatable bonds is 6. The van der Waals surface area contributed by atoms with Crippen molar-refractivity contribution in [1.82, 2.24) is 10.2 Å². The van der Waals surface area contributed by atoms with Crippen LogP contribution in [0.4, 0.5) is 5.69 Å². The molecule has 0 aliphatic heterocycles. The number of carbonyl (C=O) groups excluding carboxylic acids is 1. The SMILES string of the molecule is COc1ccc(C)cc1NC(=O)C(C)Sc1nnc(C2CC2)o1. The highest BCUT2D eigenvalue weighted by Gasteiger charge is 2.30. The molecule has 1 N–H and O–H groups in total. The summed E-state index contributed by atoms with van der Waals surface area (Å²) in [7, 11) is 1.58. The summed E-state index contributed by atoms with van der Waals surface area (Å²) in [4.78, 5) is 12.4. The second-order valence-electron chi connectivity index (χ2n) is 5.63. The minimum Gasteiger partial charge on any atom is -0.495 e. The Hall–Kier alpha value is -2.02. The van der Waals surface area contributed by atoms with Crippen molar-refractivity contribution in [3.8, 4) is 5.75 Å². The summed E-state index contributed by atoms with van der Waals surface area (Å²) < 4.78 is 10.9. The van der Waals surface area contributed by atoms with Crippen molar-refractivity contribution in [3.05, 3.63) is 29.7 Å². The predicted octanol–water partition coefficient (Wildman–Crippen LogP) is 3.38. The van der Waals surface area contributed by atoms with E-state index in [0.717, 1.165) is 18.4 Å². The molecule has 1 atom stereocenters. The number of hydrogen-bond acceptors (Lipinski definition) is 6. The lowest BCUT2D eigenvalue weighted by molar-refractivity contribution is -0.115. The maximum Gasteiger partial charge on any atom is 0.277 e. The van der Waals surface area contributed by atoms with Gasteiger partial charge in [-0.2, -0.15) is 0 Å². The van der Waals surface area contributed by atoms with E-state index in [1.807, 2.05) is 32.0 Å². The Morgan fingerprint density at radius 3 is 2.91 bits per heavy atom. The van der Waals surface area contributed by atoms with Gasteiger partial charge >= 0.3 is 0 Å². The Bertz CT molecular complexity index is 712. The van der Waals surface area contributed by atoms with Crippen molar-refractivity contribution in [2.45, 2.75) is 43.1 Å². The van der Waals surface area contributed by atoms with Gasteiger partial charge in [0.2, 0.25) is 11.8 Å². The molecule has 1 fully saturated rings. The number of carbonyl (C=O) groups is 1. The number of amides is 1. The molecule has 1 amide bonds. The molecule has 0 radical (unpaired) electrons. The number of ether oxygens (including phenoxy) is 1. The average Bonchev–Trinajstić information content (AvgIpc) is 3.28. The lowest BCUT2D eigenvalue weighted by Crippen LogP contribution is -2.22. The lowest BCUT2D eigenvalue weighted by atomic mass is 10.2. The van der Waals surface area contributed by atoms with Gasteiger partial charge < -0.3 is 14.5 Å². The van der Waals surface area contributed by atoms with Crippen LogP contribution in [-0.2, 0) is 4.79 Å².